The minimum Gasteiger partial charge on any atom is -0.391 e. The normalized spacial score (nSPS) is 20.5. The number of aliphatic hydroxyl groups excluding tert-OH is 1. The van der Waals surface area contributed by atoms with Crippen molar-refractivity contribution in [3.05, 3.63) is 12.7 Å². The highest BCUT2D eigenvalue weighted by Gasteiger charge is 2.20. The van der Waals surface area contributed by atoms with E-state index in [1.807, 2.05) is 0 Å². The van der Waals surface area contributed by atoms with Gasteiger partial charge in [0.25, 0.3) is 0 Å². The first-order valence-electron chi connectivity index (χ1n) is 3.85. The van der Waals surface area contributed by atoms with E-state index in [-0.39, 0.29) is 6.10 Å². The Morgan fingerprint density at radius 2 is 2.40 bits per heavy atom. The summed E-state index contributed by atoms with van der Waals surface area (Å²) in [6, 6.07) is 0.694. The van der Waals surface area contributed by atoms with Gasteiger partial charge in [-0.3, -0.25) is 0 Å². The molecular weight excluding hydrogens is 126 g/mol. The molecule has 0 aliphatic heterocycles. The molecule has 1 fully saturated rings. The maximum Gasteiger partial charge on any atom is 0.0698 e. The largest absolute Gasteiger partial charge is 0.391 e. The van der Waals surface area contributed by atoms with Gasteiger partial charge in [0, 0.05) is 12.6 Å². The first-order valence-corrected chi connectivity index (χ1v) is 3.85. The predicted octanol–water partition coefficient (Wildman–Crippen LogP) is 0.675. The van der Waals surface area contributed by atoms with E-state index in [1.165, 1.54) is 12.8 Å². The van der Waals surface area contributed by atoms with Crippen LogP contribution in [-0.4, -0.2) is 23.8 Å². The Balaban J connectivity index is 1.93. The molecule has 0 saturated heterocycles. The van der Waals surface area contributed by atoms with E-state index in [0.717, 1.165) is 6.54 Å². The molecule has 0 amide bonds. The van der Waals surface area contributed by atoms with Crippen molar-refractivity contribution in [3.8, 4) is 0 Å². The molecule has 1 rings (SSSR count). The zero-order chi connectivity index (χ0) is 7.40. The Morgan fingerprint density at radius 1 is 1.70 bits per heavy atom. The summed E-state index contributed by atoms with van der Waals surface area (Å²) in [4.78, 5) is 0. The molecule has 1 aliphatic rings. The first kappa shape index (κ1) is 7.76. The van der Waals surface area contributed by atoms with E-state index in [0.29, 0.717) is 12.5 Å². The van der Waals surface area contributed by atoms with Crippen LogP contribution in [0, 0.1) is 0 Å². The SMILES string of the molecule is C=CCC(O)CNC1CC1. The van der Waals surface area contributed by atoms with Gasteiger partial charge < -0.3 is 10.4 Å². The first-order chi connectivity index (χ1) is 4.83. The van der Waals surface area contributed by atoms with E-state index in [1.54, 1.807) is 6.08 Å². The quantitative estimate of drug-likeness (QED) is 0.552. The molecular formula is C8H15NO. The Morgan fingerprint density at radius 3 is 2.90 bits per heavy atom. The minimum absolute atomic E-state index is 0.238. The van der Waals surface area contributed by atoms with Gasteiger partial charge in [-0.15, -0.1) is 6.58 Å². The molecule has 0 aromatic heterocycles. The fourth-order valence-electron chi connectivity index (χ4n) is 0.866. The van der Waals surface area contributed by atoms with Gasteiger partial charge in [0.2, 0.25) is 0 Å². The van der Waals surface area contributed by atoms with Gasteiger partial charge in [-0.25, -0.2) is 0 Å². The summed E-state index contributed by atoms with van der Waals surface area (Å²) in [6.07, 6.45) is 4.76. The summed E-state index contributed by atoms with van der Waals surface area (Å²) in [5.74, 6) is 0. The van der Waals surface area contributed by atoms with Crippen LogP contribution in [0.1, 0.15) is 19.3 Å². The molecule has 1 aliphatic carbocycles. The molecule has 0 spiro atoms. The molecule has 10 heavy (non-hydrogen) atoms. The van der Waals surface area contributed by atoms with Crippen LogP contribution >= 0.6 is 0 Å². The number of hydrogen-bond acceptors (Lipinski definition) is 2. The van der Waals surface area contributed by atoms with Gasteiger partial charge in [-0.1, -0.05) is 6.08 Å². The molecule has 1 unspecified atom stereocenters. The summed E-state index contributed by atoms with van der Waals surface area (Å²) in [7, 11) is 0. The van der Waals surface area contributed by atoms with Crippen LogP contribution in [0.2, 0.25) is 0 Å². The lowest BCUT2D eigenvalue weighted by atomic mass is 10.2. The van der Waals surface area contributed by atoms with Crippen LogP contribution in [0.15, 0.2) is 12.7 Å². The minimum atomic E-state index is -0.238. The summed E-state index contributed by atoms with van der Waals surface area (Å²) < 4.78 is 0. The summed E-state index contributed by atoms with van der Waals surface area (Å²) in [5, 5.41) is 12.4. The van der Waals surface area contributed by atoms with Crippen LogP contribution < -0.4 is 5.32 Å². The fourth-order valence-corrected chi connectivity index (χ4v) is 0.866. The Bertz CT molecular complexity index is 110. The second kappa shape index (κ2) is 3.74. The summed E-state index contributed by atoms with van der Waals surface area (Å²) >= 11 is 0. The van der Waals surface area contributed by atoms with Crippen molar-refractivity contribution in [1.82, 2.24) is 5.32 Å². The Kier molecular flexibility index (Phi) is 2.90. The van der Waals surface area contributed by atoms with Gasteiger partial charge in [-0.2, -0.15) is 0 Å². The zero-order valence-corrected chi connectivity index (χ0v) is 6.21. The molecule has 1 atom stereocenters. The molecule has 0 radical (unpaired) electrons. The van der Waals surface area contributed by atoms with Gasteiger partial charge >= 0.3 is 0 Å². The van der Waals surface area contributed by atoms with E-state index in [2.05, 4.69) is 11.9 Å². The number of rotatable bonds is 5. The third-order valence-corrected chi connectivity index (χ3v) is 1.66. The highest BCUT2D eigenvalue weighted by molar-refractivity contribution is 4.83. The van der Waals surface area contributed by atoms with Crippen molar-refractivity contribution in [2.45, 2.75) is 31.4 Å². The van der Waals surface area contributed by atoms with E-state index in [9.17, 15) is 5.11 Å². The molecule has 0 aromatic carbocycles. The van der Waals surface area contributed by atoms with Crippen LogP contribution in [0.25, 0.3) is 0 Å². The summed E-state index contributed by atoms with van der Waals surface area (Å²) in [5.41, 5.74) is 0. The van der Waals surface area contributed by atoms with Crippen LogP contribution in [0.5, 0.6) is 0 Å². The second-order valence-electron chi connectivity index (χ2n) is 2.86. The molecule has 2 N–H and O–H groups in total. The monoisotopic (exact) mass is 141 g/mol. The molecule has 0 heterocycles. The maximum absolute atomic E-state index is 9.19. The maximum atomic E-state index is 9.19. The average Bonchev–Trinajstić information content (AvgIpc) is 2.67. The predicted molar refractivity (Wildman–Crippen MR) is 41.8 cm³/mol. The van der Waals surface area contributed by atoms with Gasteiger partial charge in [-0.05, 0) is 19.3 Å². The average molecular weight is 141 g/mol. The number of hydrogen-bond donors (Lipinski definition) is 2. The Labute approximate surface area is 61.9 Å². The third-order valence-electron chi connectivity index (χ3n) is 1.66. The molecule has 2 heteroatoms. The van der Waals surface area contributed by atoms with Crippen molar-refractivity contribution >= 4 is 0 Å². The number of nitrogens with one attached hydrogen (secondary N) is 1. The van der Waals surface area contributed by atoms with Crippen molar-refractivity contribution in [2.75, 3.05) is 6.54 Å². The van der Waals surface area contributed by atoms with Gasteiger partial charge in [0.15, 0.2) is 0 Å². The molecule has 0 aromatic rings. The van der Waals surface area contributed by atoms with Crippen LogP contribution in [0.4, 0.5) is 0 Å². The van der Waals surface area contributed by atoms with Gasteiger partial charge in [0.05, 0.1) is 6.10 Å². The smallest absolute Gasteiger partial charge is 0.0698 e. The topological polar surface area (TPSA) is 32.3 Å². The van der Waals surface area contributed by atoms with Crippen molar-refractivity contribution in [2.24, 2.45) is 0 Å². The lowest BCUT2D eigenvalue weighted by Gasteiger charge is -2.07. The lowest BCUT2D eigenvalue weighted by molar-refractivity contribution is 0.174. The second-order valence-corrected chi connectivity index (χ2v) is 2.86. The molecule has 58 valence electrons. The third kappa shape index (κ3) is 2.99. The standard InChI is InChI=1S/C8H15NO/c1-2-3-8(10)6-9-7-4-5-7/h2,7-10H,1,3-6H2. The molecule has 1 saturated carbocycles. The van der Waals surface area contributed by atoms with E-state index in [4.69, 9.17) is 0 Å². The lowest BCUT2D eigenvalue weighted by Crippen LogP contribution is -2.27. The van der Waals surface area contributed by atoms with Crippen LogP contribution in [-0.2, 0) is 0 Å². The van der Waals surface area contributed by atoms with E-state index >= 15 is 0 Å². The highest BCUT2D eigenvalue weighted by Crippen LogP contribution is 2.18. The highest BCUT2D eigenvalue weighted by atomic mass is 16.3. The van der Waals surface area contributed by atoms with Crippen molar-refractivity contribution in [3.63, 3.8) is 0 Å². The zero-order valence-electron chi connectivity index (χ0n) is 6.21. The summed E-state index contributed by atoms with van der Waals surface area (Å²) in [6.45, 7) is 4.27. The van der Waals surface area contributed by atoms with E-state index < -0.39 is 0 Å². The Hall–Kier alpha value is -0.340. The van der Waals surface area contributed by atoms with Crippen LogP contribution in [0.3, 0.4) is 0 Å². The van der Waals surface area contributed by atoms with Gasteiger partial charge in [0.1, 0.15) is 0 Å². The number of aliphatic hydroxyl groups is 1. The molecule has 2 nitrogen and oxygen atoms in total. The fraction of sp³-hybridized carbons (Fsp3) is 0.750. The van der Waals surface area contributed by atoms with Crippen molar-refractivity contribution in [1.29, 1.82) is 0 Å². The molecule has 0 bridgehead atoms. The van der Waals surface area contributed by atoms with Crippen molar-refractivity contribution < 1.29 is 5.11 Å².